The molecule has 0 radical (unpaired) electrons. The molecule has 2 heterocycles. The molecule has 0 aliphatic rings. The van der Waals surface area contributed by atoms with Crippen molar-refractivity contribution >= 4 is 39.1 Å². The number of thiophene rings is 1. The molecule has 0 aliphatic heterocycles. The minimum absolute atomic E-state index is 0.00876. The monoisotopic (exact) mass is 388 g/mol. The molecule has 0 saturated heterocycles. The maximum absolute atomic E-state index is 12.7. The molecule has 136 valence electrons. The predicted octanol–water partition coefficient (Wildman–Crippen LogP) is 3.98. The summed E-state index contributed by atoms with van der Waals surface area (Å²) in [4.78, 5) is 31.8. The molecule has 0 N–H and O–H groups in total. The van der Waals surface area contributed by atoms with E-state index in [1.165, 1.54) is 27.7 Å². The number of carbonyl (C=O) groups excluding carboxylic acids is 1. The van der Waals surface area contributed by atoms with E-state index in [0.29, 0.717) is 21.9 Å². The van der Waals surface area contributed by atoms with Crippen molar-refractivity contribution in [1.82, 2.24) is 9.55 Å². The molecule has 3 rings (SSSR count). The fourth-order valence-electron chi connectivity index (χ4n) is 2.66. The molecule has 0 fully saturated rings. The summed E-state index contributed by atoms with van der Waals surface area (Å²) in [5.41, 5.74) is 1.53. The Morgan fingerprint density at radius 1 is 1.27 bits per heavy atom. The third-order valence-electron chi connectivity index (χ3n) is 4.40. The molecule has 1 atom stereocenters. The molecule has 3 aromatic rings. The number of rotatable bonds is 5. The van der Waals surface area contributed by atoms with Crippen LogP contribution >= 0.6 is 23.1 Å². The van der Waals surface area contributed by atoms with Gasteiger partial charge >= 0.3 is 0 Å². The first-order chi connectivity index (χ1) is 12.3. The van der Waals surface area contributed by atoms with Crippen LogP contribution < -0.4 is 10.3 Å². The van der Waals surface area contributed by atoms with Crippen molar-refractivity contribution in [1.29, 1.82) is 0 Å². The summed E-state index contributed by atoms with van der Waals surface area (Å²) < 4.78 is 6.65. The lowest BCUT2D eigenvalue weighted by Gasteiger charge is -2.13. The van der Waals surface area contributed by atoms with Gasteiger partial charge in [0.2, 0.25) is 0 Å². The number of ketones is 1. The molecule has 26 heavy (non-hydrogen) atoms. The first-order valence-corrected chi connectivity index (χ1v) is 9.84. The number of ether oxygens (including phenoxy) is 1. The maximum atomic E-state index is 12.7. The van der Waals surface area contributed by atoms with Crippen molar-refractivity contribution < 1.29 is 9.53 Å². The lowest BCUT2D eigenvalue weighted by Crippen LogP contribution is -2.22. The Balaban J connectivity index is 1.91. The number of benzene rings is 1. The fourth-order valence-corrected chi connectivity index (χ4v) is 4.69. The molecule has 1 aromatic carbocycles. The summed E-state index contributed by atoms with van der Waals surface area (Å²) in [5, 5.41) is 0.868. The van der Waals surface area contributed by atoms with Gasteiger partial charge in [0.15, 0.2) is 10.9 Å². The number of nitrogens with zero attached hydrogens (tertiary/aromatic N) is 2. The highest BCUT2D eigenvalue weighted by Crippen LogP contribution is 2.30. The van der Waals surface area contributed by atoms with Gasteiger partial charge in [-0.2, -0.15) is 0 Å². The van der Waals surface area contributed by atoms with Gasteiger partial charge in [0, 0.05) is 17.5 Å². The molecule has 5 nitrogen and oxygen atoms in total. The van der Waals surface area contributed by atoms with Gasteiger partial charge in [0.05, 0.1) is 17.7 Å². The second-order valence-electron chi connectivity index (χ2n) is 6.07. The number of fused-ring (bicyclic) bond motifs is 1. The molecular weight excluding hydrogens is 368 g/mol. The number of thioether (sulfide) groups is 1. The van der Waals surface area contributed by atoms with Crippen LogP contribution in [-0.4, -0.2) is 27.7 Å². The third-order valence-corrected chi connectivity index (χ3v) is 6.64. The summed E-state index contributed by atoms with van der Waals surface area (Å²) in [6, 6.07) is 7.03. The number of aryl methyl sites for hydroxylation is 2. The van der Waals surface area contributed by atoms with Gasteiger partial charge in [0.1, 0.15) is 10.6 Å². The van der Waals surface area contributed by atoms with Crippen LogP contribution in [-0.2, 0) is 7.05 Å². The zero-order valence-corrected chi connectivity index (χ0v) is 17.0. The van der Waals surface area contributed by atoms with Crippen LogP contribution in [0.3, 0.4) is 0 Å². The number of hydrogen-bond acceptors (Lipinski definition) is 6. The maximum Gasteiger partial charge on any atom is 0.262 e. The SMILES string of the molecule is COc1ccc(C(=O)C(C)Sc2nc3sc(C)c(C)c3c(=O)n2C)cc1. The molecule has 1 unspecified atom stereocenters. The first kappa shape index (κ1) is 18.7. The molecule has 0 saturated carbocycles. The smallest absolute Gasteiger partial charge is 0.262 e. The fraction of sp³-hybridized carbons (Fsp3) is 0.316. The van der Waals surface area contributed by atoms with E-state index < -0.39 is 0 Å². The quantitative estimate of drug-likeness (QED) is 0.376. The van der Waals surface area contributed by atoms with Crippen LogP contribution in [0.5, 0.6) is 5.75 Å². The van der Waals surface area contributed by atoms with Crippen molar-refractivity contribution in [3.63, 3.8) is 0 Å². The predicted molar refractivity (Wildman–Crippen MR) is 107 cm³/mol. The van der Waals surface area contributed by atoms with E-state index in [-0.39, 0.29) is 16.6 Å². The van der Waals surface area contributed by atoms with E-state index in [1.807, 2.05) is 20.8 Å². The molecule has 7 heteroatoms. The number of carbonyl (C=O) groups is 1. The van der Waals surface area contributed by atoms with Crippen LogP contribution in [0.2, 0.25) is 0 Å². The zero-order valence-electron chi connectivity index (χ0n) is 15.3. The Kier molecular flexibility index (Phi) is 5.20. The van der Waals surface area contributed by atoms with Crippen molar-refractivity contribution in [2.75, 3.05) is 7.11 Å². The van der Waals surface area contributed by atoms with Crippen LogP contribution in [0.25, 0.3) is 10.2 Å². The number of methoxy groups -OCH3 is 1. The van der Waals surface area contributed by atoms with E-state index in [9.17, 15) is 9.59 Å². The van der Waals surface area contributed by atoms with Gasteiger partial charge in [-0.15, -0.1) is 11.3 Å². The lowest BCUT2D eigenvalue weighted by molar-refractivity contribution is 0.0994. The average Bonchev–Trinajstić information content (AvgIpc) is 2.92. The zero-order chi connectivity index (χ0) is 19.0. The number of aromatic nitrogens is 2. The summed E-state index contributed by atoms with van der Waals surface area (Å²) >= 11 is 2.82. The van der Waals surface area contributed by atoms with E-state index in [4.69, 9.17) is 4.74 Å². The Bertz CT molecular complexity index is 1040. The summed E-state index contributed by atoms with van der Waals surface area (Å²) in [5.74, 6) is 0.699. The minimum atomic E-state index is -0.360. The molecular formula is C19H20N2O3S2. The van der Waals surface area contributed by atoms with Gasteiger partial charge in [-0.05, 0) is 50.6 Å². The summed E-state index contributed by atoms with van der Waals surface area (Å²) in [6.45, 7) is 5.77. The van der Waals surface area contributed by atoms with Gasteiger partial charge in [0.25, 0.3) is 5.56 Å². The Morgan fingerprint density at radius 2 is 1.92 bits per heavy atom. The average molecular weight is 389 g/mol. The third kappa shape index (κ3) is 3.29. The highest BCUT2D eigenvalue weighted by molar-refractivity contribution is 8.00. The standard InChI is InChI=1S/C19H20N2O3S2/c1-10-11(2)25-17-15(10)18(23)21(4)19(20-17)26-12(3)16(22)13-6-8-14(24-5)9-7-13/h6-9,12H,1-5H3. The van der Waals surface area contributed by atoms with Gasteiger partial charge < -0.3 is 4.74 Å². The second kappa shape index (κ2) is 7.25. The van der Waals surface area contributed by atoms with E-state index >= 15 is 0 Å². The van der Waals surface area contributed by atoms with Crippen LogP contribution in [0, 0.1) is 13.8 Å². The largest absolute Gasteiger partial charge is 0.497 e. The second-order valence-corrected chi connectivity index (χ2v) is 8.59. The van der Waals surface area contributed by atoms with Crippen LogP contribution in [0.1, 0.15) is 27.7 Å². The lowest BCUT2D eigenvalue weighted by atomic mass is 10.1. The van der Waals surface area contributed by atoms with Gasteiger partial charge in [-0.3, -0.25) is 14.2 Å². The Hall–Kier alpha value is -2.12. The van der Waals surface area contributed by atoms with Crippen LogP contribution in [0.15, 0.2) is 34.2 Å². The van der Waals surface area contributed by atoms with Crippen molar-refractivity contribution in [3.8, 4) is 5.75 Å². The Labute approximate surface area is 160 Å². The van der Waals surface area contributed by atoms with Crippen molar-refractivity contribution in [2.45, 2.75) is 31.2 Å². The topological polar surface area (TPSA) is 61.2 Å². The van der Waals surface area contributed by atoms with E-state index in [2.05, 4.69) is 4.98 Å². The number of Topliss-reactive ketones (excluding diaryl/α,β-unsaturated/α-hetero) is 1. The highest BCUT2D eigenvalue weighted by atomic mass is 32.2. The summed E-state index contributed by atoms with van der Waals surface area (Å²) in [6.07, 6.45) is 0. The molecule has 0 bridgehead atoms. The molecule has 0 amide bonds. The van der Waals surface area contributed by atoms with E-state index in [0.717, 1.165) is 15.3 Å². The molecule has 2 aromatic heterocycles. The number of hydrogen-bond donors (Lipinski definition) is 0. The van der Waals surface area contributed by atoms with Crippen LogP contribution in [0.4, 0.5) is 0 Å². The molecule has 0 aliphatic carbocycles. The Morgan fingerprint density at radius 3 is 2.54 bits per heavy atom. The van der Waals surface area contributed by atoms with Crippen molar-refractivity contribution in [2.24, 2.45) is 7.05 Å². The van der Waals surface area contributed by atoms with Crippen molar-refractivity contribution in [3.05, 3.63) is 50.6 Å². The van der Waals surface area contributed by atoms with Gasteiger partial charge in [-0.25, -0.2) is 4.98 Å². The van der Waals surface area contributed by atoms with Gasteiger partial charge in [-0.1, -0.05) is 11.8 Å². The summed E-state index contributed by atoms with van der Waals surface area (Å²) in [7, 11) is 3.29. The minimum Gasteiger partial charge on any atom is -0.497 e. The normalized spacial score (nSPS) is 12.3. The van der Waals surface area contributed by atoms with E-state index in [1.54, 1.807) is 38.4 Å². The first-order valence-electron chi connectivity index (χ1n) is 8.15. The highest BCUT2D eigenvalue weighted by Gasteiger charge is 2.21. The molecule has 0 spiro atoms.